The summed E-state index contributed by atoms with van der Waals surface area (Å²) in [4.78, 5) is 30.5. The number of amides is 2. The molecule has 0 radical (unpaired) electrons. The Bertz CT molecular complexity index is 1110. The number of aliphatic hydroxyl groups excluding tert-OH is 1. The Morgan fingerprint density at radius 2 is 1.75 bits per heavy atom. The molecule has 0 spiro atoms. The lowest BCUT2D eigenvalue weighted by atomic mass is 9.55. The summed E-state index contributed by atoms with van der Waals surface area (Å²) in [6, 6.07) is 7.98. The number of fused-ring (bicyclic) bond motifs is 1. The number of hydrogen-bond acceptors (Lipinski definition) is 4. The third kappa shape index (κ3) is 4.29. The number of nitrogens with one attached hydrogen (secondary N) is 3. The lowest BCUT2D eigenvalue weighted by Gasteiger charge is -2.53. The van der Waals surface area contributed by atoms with E-state index in [-0.39, 0.29) is 18.6 Å². The van der Waals surface area contributed by atoms with Crippen LogP contribution in [-0.4, -0.2) is 45.9 Å². The number of benzene rings is 1. The number of carbonyl (C=O) groups is 2. The first-order valence-electron chi connectivity index (χ1n) is 13.8. The molecule has 7 nitrogen and oxygen atoms in total. The Hall–Kier alpha value is -2.54. The predicted octanol–water partition coefficient (Wildman–Crippen LogP) is 4.44. The van der Waals surface area contributed by atoms with Crippen LogP contribution in [0, 0.1) is 23.7 Å². The zero-order valence-corrected chi connectivity index (χ0v) is 21.2. The minimum atomic E-state index is -1.22. The van der Waals surface area contributed by atoms with Gasteiger partial charge in [-0.1, -0.05) is 31.0 Å². The fourth-order valence-electron chi connectivity index (χ4n) is 8.04. The number of ether oxygens (including phenoxy) is 1. The van der Waals surface area contributed by atoms with Crippen LogP contribution in [0.5, 0.6) is 0 Å². The summed E-state index contributed by atoms with van der Waals surface area (Å²) in [7, 11) is 0. The number of hydrogen-bond donors (Lipinski definition) is 4. The molecule has 0 unspecified atom stereocenters. The Labute approximate surface area is 212 Å². The van der Waals surface area contributed by atoms with E-state index in [1.54, 1.807) is 6.92 Å². The molecule has 2 amide bonds. The molecule has 4 bridgehead atoms. The summed E-state index contributed by atoms with van der Waals surface area (Å²) in [5.74, 6) is 2.24. The van der Waals surface area contributed by atoms with Gasteiger partial charge in [-0.25, -0.2) is 4.79 Å². The average Bonchev–Trinajstić information content (AvgIpc) is 3.48. The molecule has 7 heteroatoms. The number of carbonyl (C=O) groups excluding carboxylic acids is 2. The largest absolute Gasteiger partial charge is 0.446 e. The lowest BCUT2D eigenvalue weighted by Crippen LogP contribution is -2.63. The summed E-state index contributed by atoms with van der Waals surface area (Å²) >= 11 is 0. The molecule has 0 aliphatic heterocycles. The highest BCUT2D eigenvalue weighted by molar-refractivity contribution is 5.92. The maximum absolute atomic E-state index is 13.8. The zero-order chi connectivity index (χ0) is 24.9. The second kappa shape index (κ2) is 9.09. The maximum atomic E-state index is 13.8. The summed E-state index contributed by atoms with van der Waals surface area (Å²) < 4.78 is 6.11. The Kier molecular flexibility index (Phi) is 6.02. The van der Waals surface area contributed by atoms with Crippen molar-refractivity contribution in [3.05, 3.63) is 36.0 Å². The summed E-state index contributed by atoms with van der Waals surface area (Å²) in [5.41, 5.74) is 0.112. The summed E-state index contributed by atoms with van der Waals surface area (Å²) in [6.45, 7) is 1.68. The molecule has 5 aliphatic rings. The van der Waals surface area contributed by atoms with Crippen molar-refractivity contribution in [3.8, 4) is 0 Å². The molecule has 1 aromatic heterocycles. The van der Waals surface area contributed by atoms with Gasteiger partial charge in [0.1, 0.15) is 11.6 Å². The minimum Gasteiger partial charge on any atom is -0.446 e. The van der Waals surface area contributed by atoms with Crippen LogP contribution in [0.2, 0.25) is 0 Å². The van der Waals surface area contributed by atoms with Gasteiger partial charge in [-0.05, 0) is 87.2 Å². The van der Waals surface area contributed by atoms with Gasteiger partial charge >= 0.3 is 6.09 Å². The number of H-pyrrole nitrogens is 1. The molecule has 36 heavy (non-hydrogen) atoms. The molecule has 7 rings (SSSR count). The molecule has 2 aromatic rings. The van der Waals surface area contributed by atoms with Gasteiger partial charge in [0.2, 0.25) is 5.91 Å². The van der Waals surface area contributed by atoms with Crippen molar-refractivity contribution in [3.63, 3.8) is 0 Å². The van der Waals surface area contributed by atoms with Crippen LogP contribution in [0.25, 0.3) is 10.9 Å². The van der Waals surface area contributed by atoms with Crippen LogP contribution in [0.15, 0.2) is 30.5 Å². The molecule has 5 fully saturated rings. The van der Waals surface area contributed by atoms with E-state index >= 15 is 0 Å². The van der Waals surface area contributed by atoms with Gasteiger partial charge in [0, 0.05) is 23.5 Å². The van der Waals surface area contributed by atoms with Crippen molar-refractivity contribution in [1.29, 1.82) is 0 Å². The van der Waals surface area contributed by atoms with Crippen molar-refractivity contribution < 1.29 is 19.4 Å². The first-order valence-corrected chi connectivity index (χ1v) is 13.8. The van der Waals surface area contributed by atoms with E-state index in [0.717, 1.165) is 79.7 Å². The van der Waals surface area contributed by atoms with Crippen LogP contribution in [0.4, 0.5) is 4.79 Å². The number of aromatic amines is 1. The molecular weight excluding hydrogens is 454 g/mol. The molecular formula is C29H39N3O4. The second-order valence-electron chi connectivity index (χ2n) is 12.4. The highest BCUT2D eigenvalue weighted by atomic mass is 16.6. The topological polar surface area (TPSA) is 103 Å². The normalized spacial score (nSPS) is 31.8. The third-order valence-corrected chi connectivity index (χ3v) is 9.72. The number of alkyl carbamates (subject to hydrolysis) is 1. The molecule has 0 saturated heterocycles. The van der Waals surface area contributed by atoms with Crippen LogP contribution < -0.4 is 10.6 Å². The van der Waals surface area contributed by atoms with Crippen LogP contribution in [0.3, 0.4) is 0 Å². The Morgan fingerprint density at radius 1 is 1.08 bits per heavy atom. The van der Waals surface area contributed by atoms with Gasteiger partial charge in [-0.2, -0.15) is 0 Å². The van der Waals surface area contributed by atoms with E-state index in [4.69, 9.17) is 4.74 Å². The van der Waals surface area contributed by atoms with Gasteiger partial charge in [-0.3, -0.25) is 4.79 Å². The number of rotatable bonds is 7. The zero-order valence-electron chi connectivity index (χ0n) is 21.2. The Morgan fingerprint density at radius 3 is 2.42 bits per heavy atom. The Balaban J connectivity index is 1.23. The van der Waals surface area contributed by atoms with Gasteiger partial charge in [0.15, 0.2) is 0 Å². The highest BCUT2D eigenvalue weighted by Crippen LogP contribution is 2.54. The van der Waals surface area contributed by atoms with Crippen molar-refractivity contribution >= 4 is 22.9 Å². The van der Waals surface area contributed by atoms with E-state index < -0.39 is 17.2 Å². The highest BCUT2D eigenvalue weighted by Gasteiger charge is 2.50. The first kappa shape index (κ1) is 23.8. The van der Waals surface area contributed by atoms with Gasteiger partial charge in [-0.15, -0.1) is 0 Å². The second-order valence-corrected chi connectivity index (χ2v) is 12.4. The van der Waals surface area contributed by atoms with Gasteiger partial charge in [0.05, 0.1) is 12.1 Å². The van der Waals surface area contributed by atoms with E-state index in [2.05, 4.69) is 15.6 Å². The predicted molar refractivity (Wildman–Crippen MR) is 137 cm³/mol. The fourth-order valence-corrected chi connectivity index (χ4v) is 8.04. The van der Waals surface area contributed by atoms with E-state index in [1.165, 1.54) is 6.42 Å². The molecule has 194 valence electrons. The number of aliphatic hydroxyl groups is 1. The van der Waals surface area contributed by atoms with Crippen molar-refractivity contribution in [2.24, 2.45) is 23.7 Å². The van der Waals surface area contributed by atoms with E-state index in [0.29, 0.717) is 18.3 Å². The van der Waals surface area contributed by atoms with Gasteiger partial charge < -0.3 is 25.5 Å². The first-order chi connectivity index (χ1) is 17.4. The summed E-state index contributed by atoms with van der Waals surface area (Å²) in [5, 5.41) is 17.3. The standard InChI is InChI=1S/C29H39N3O4/c1-28(26(34)31-29(17-33)8-4-5-9-29,15-22-16-30-24-7-3-2-6-23(22)24)32-27(35)36-25-20-11-18-10-19(13-20)14-21(25)12-18/h2-3,6-7,16,18-21,25,30,33H,4-5,8-15,17H2,1H3,(H,31,34)(H,32,35)/t18?,19?,20?,21?,25?,28-/m1/s1. The molecule has 1 heterocycles. The molecule has 5 saturated carbocycles. The maximum Gasteiger partial charge on any atom is 0.408 e. The van der Waals surface area contributed by atoms with Crippen molar-refractivity contribution in [2.75, 3.05) is 6.61 Å². The molecule has 4 N–H and O–H groups in total. The molecule has 5 aliphatic carbocycles. The van der Waals surface area contributed by atoms with E-state index in [1.807, 2.05) is 30.5 Å². The number of aromatic nitrogens is 1. The molecule has 1 aromatic carbocycles. The monoisotopic (exact) mass is 493 g/mol. The van der Waals surface area contributed by atoms with Crippen molar-refractivity contribution in [1.82, 2.24) is 15.6 Å². The molecule has 1 atom stereocenters. The quantitative estimate of drug-likeness (QED) is 0.458. The fraction of sp³-hybridized carbons (Fsp3) is 0.655. The lowest BCUT2D eigenvalue weighted by molar-refractivity contribution is -0.130. The van der Waals surface area contributed by atoms with Crippen LogP contribution >= 0.6 is 0 Å². The van der Waals surface area contributed by atoms with E-state index in [9.17, 15) is 14.7 Å². The van der Waals surface area contributed by atoms with Crippen LogP contribution in [-0.2, 0) is 16.0 Å². The SMILES string of the molecule is C[C@](Cc1c[nH]c2ccccc12)(NC(=O)OC1C2CC3CC(C2)CC1C3)C(=O)NC1(CO)CCCC1. The number of para-hydroxylation sites is 1. The third-order valence-electron chi connectivity index (χ3n) is 9.72. The van der Waals surface area contributed by atoms with Crippen molar-refractivity contribution in [2.45, 2.75) is 88.3 Å². The van der Waals surface area contributed by atoms with Gasteiger partial charge in [0.25, 0.3) is 0 Å². The van der Waals surface area contributed by atoms with Crippen LogP contribution in [0.1, 0.15) is 70.3 Å². The average molecular weight is 494 g/mol. The minimum absolute atomic E-state index is 0.0446. The smallest absolute Gasteiger partial charge is 0.408 e. The summed E-state index contributed by atoms with van der Waals surface area (Å²) in [6.07, 6.45) is 11.1.